The van der Waals surface area contributed by atoms with Gasteiger partial charge in [0.25, 0.3) is 0 Å². The van der Waals surface area contributed by atoms with E-state index in [0.29, 0.717) is 16.5 Å². The fourth-order valence-electron chi connectivity index (χ4n) is 1.72. The van der Waals surface area contributed by atoms with Crippen molar-refractivity contribution in [1.29, 1.82) is 0 Å². The minimum absolute atomic E-state index is 0.331. The number of nitrogens with zero attached hydrogens (tertiary/aromatic N) is 2. The Bertz CT molecular complexity index is 604. The first-order valence-corrected chi connectivity index (χ1v) is 6.77. The van der Waals surface area contributed by atoms with Gasteiger partial charge in [-0.15, -0.1) is 0 Å². The molecule has 0 unspecified atom stereocenters. The third-order valence-corrected chi connectivity index (χ3v) is 3.05. The second-order valence-corrected chi connectivity index (χ2v) is 4.81. The number of benzene rings is 1. The minimum atomic E-state index is -0.418. The van der Waals surface area contributed by atoms with Gasteiger partial charge in [-0.05, 0) is 31.5 Å². The second kappa shape index (κ2) is 6.52. The van der Waals surface area contributed by atoms with E-state index in [0.717, 1.165) is 24.3 Å². The molecule has 0 radical (unpaired) electrons. The van der Waals surface area contributed by atoms with E-state index < -0.39 is 5.82 Å². The third kappa shape index (κ3) is 3.36. The van der Waals surface area contributed by atoms with Crippen LogP contribution in [0.1, 0.15) is 18.9 Å². The molecule has 2 rings (SSSR count). The highest BCUT2D eigenvalue weighted by Gasteiger charge is 2.09. The zero-order valence-corrected chi connectivity index (χ0v) is 12.1. The predicted octanol–water partition coefficient (Wildman–Crippen LogP) is 4.14. The standard InChI is InChI=1S/C14H16ClFN4/c1-3-6-17-13-9(2)14(19-8-18-13)20-12-5-4-10(15)7-11(12)16/h4-5,7-8H,3,6H2,1-2H3,(H2,17,18,19,20). The average Bonchev–Trinajstić information content (AvgIpc) is 2.42. The van der Waals surface area contributed by atoms with E-state index in [2.05, 4.69) is 27.5 Å². The van der Waals surface area contributed by atoms with Crippen LogP contribution < -0.4 is 10.6 Å². The molecule has 0 amide bonds. The van der Waals surface area contributed by atoms with Crippen LogP contribution in [-0.2, 0) is 0 Å². The van der Waals surface area contributed by atoms with E-state index in [-0.39, 0.29) is 0 Å². The Balaban J connectivity index is 2.24. The fourth-order valence-corrected chi connectivity index (χ4v) is 1.87. The van der Waals surface area contributed by atoms with Gasteiger partial charge in [-0.3, -0.25) is 0 Å². The molecule has 0 aliphatic rings. The van der Waals surface area contributed by atoms with Crippen LogP contribution in [0.3, 0.4) is 0 Å². The van der Waals surface area contributed by atoms with E-state index >= 15 is 0 Å². The van der Waals surface area contributed by atoms with E-state index in [1.165, 1.54) is 12.4 Å². The number of hydrogen-bond donors (Lipinski definition) is 2. The smallest absolute Gasteiger partial charge is 0.148 e. The Kier molecular flexibility index (Phi) is 4.74. The van der Waals surface area contributed by atoms with E-state index in [9.17, 15) is 4.39 Å². The van der Waals surface area contributed by atoms with Crippen LogP contribution in [-0.4, -0.2) is 16.5 Å². The first-order valence-electron chi connectivity index (χ1n) is 6.39. The lowest BCUT2D eigenvalue weighted by atomic mass is 10.2. The fraction of sp³-hybridized carbons (Fsp3) is 0.286. The molecule has 106 valence electrons. The minimum Gasteiger partial charge on any atom is -0.370 e. The SMILES string of the molecule is CCCNc1ncnc(Nc2ccc(Cl)cc2F)c1C. The zero-order chi connectivity index (χ0) is 14.5. The Morgan fingerprint density at radius 3 is 2.70 bits per heavy atom. The molecule has 0 aliphatic carbocycles. The molecule has 0 atom stereocenters. The lowest BCUT2D eigenvalue weighted by Gasteiger charge is -2.13. The molecular weight excluding hydrogens is 279 g/mol. The number of hydrogen-bond acceptors (Lipinski definition) is 4. The number of nitrogens with one attached hydrogen (secondary N) is 2. The summed E-state index contributed by atoms with van der Waals surface area (Å²) in [7, 11) is 0. The molecule has 0 bridgehead atoms. The Morgan fingerprint density at radius 1 is 1.25 bits per heavy atom. The highest BCUT2D eigenvalue weighted by Crippen LogP contribution is 2.25. The summed E-state index contributed by atoms with van der Waals surface area (Å²) in [5.41, 5.74) is 1.17. The summed E-state index contributed by atoms with van der Waals surface area (Å²) in [5.74, 6) is 0.900. The van der Waals surface area contributed by atoms with Crippen LogP contribution in [0.25, 0.3) is 0 Å². The molecule has 2 N–H and O–H groups in total. The van der Waals surface area contributed by atoms with Gasteiger partial charge in [0.1, 0.15) is 23.8 Å². The van der Waals surface area contributed by atoms with Crippen LogP contribution in [0.2, 0.25) is 5.02 Å². The van der Waals surface area contributed by atoms with Gasteiger partial charge in [0.15, 0.2) is 0 Å². The van der Waals surface area contributed by atoms with Gasteiger partial charge in [-0.1, -0.05) is 18.5 Å². The Hall–Kier alpha value is -1.88. The summed E-state index contributed by atoms with van der Waals surface area (Å²) in [6.07, 6.45) is 2.44. The molecule has 0 aliphatic heterocycles. The van der Waals surface area contributed by atoms with Crippen LogP contribution in [0, 0.1) is 12.7 Å². The number of halogens is 2. The topological polar surface area (TPSA) is 49.8 Å². The van der Waals surface area contributed by atoms with Crippen molar-refractivity contribution in [3.63, 3.8) is 0 Å². The monoisotopic (exact) mass is 294 g/mol. The van der Waals surface area contributed by atoms with Crippen molar-refractivity contribution >= 4 is 28.9 Å². The molecule has 1 aromatic heterocycles. The van der Waals surface area contributed by atoms with E-state index in [1.54, 1.807) is 12.1 Å². The maximum absolute atomic E-state index is 13.8. The second-order valence-electron chi connectivity index (χ2n) is 4.37. The molecule has 2 aromatic rings. The maximum Gasteiger partial charge on any atom is 0.148 e. The van der Waals surface area contributed by atoms with Gasteiger partial charge >= 0.3 is 0 Å². The first-order chi connectivity index (χ1) is 9.61. The molecule has 0 saturated heterocycles. The van der Waals surface area contributed by atoms with Crippen molar-refractivity contribution in [2.24, 2.45) is 0 Å². The molecule has 0 spiro atoms. The van der Waals surface area contributed by atoms with Crippen molar-refractivity contribution in [2.45, 2.75) is 20.3 Å². The summed E-state index contributed by atoms with van der Waals surface area (Å²) >= 11 is 5.73. The van der Waals surface area contributed by atoms with Gasteiger partial charge in [0.2, 0.25) is 0 Å². The molecule has 4 nitrogen and oxygen atoms in total. The summed E-state index contributed by atoms with van der Waals surface area (Å²) in [6, 6.07) is 4.47. The molecule has 20 heavy (non-hydrogen) atoms. The average molecular weight is 295 g/mol. The van der Waals surface area contributed by atoms with Crippen LogP contribution in [0.4, 0.5) is 21.7 Å². The molecule has 1 heterocycles. The van der Waals surface area contributed by atoms with E-state index in [1.807, 2.05) is 6.92 Å². The zero-order valence-electron chi connectivity index (χ0n) is 11.4. The predicted molar refractivity (Wildman–Crippen MR) is 80.2 cm³/mol. The van der Waals surface area contributed by atoms with Gasteiger partial charge < -0.3 is 10.6 Å². The lowest BCUT2D eigenvalue weighted by molar-refractivity contribution is 0.632. The Morgan fingerprint density at radius 2 is 2.00 bits per heavy atom. The number of anilines is 3. The van der Waals surface area contributed by atoms with E-state index in [4.69, 9.17) is 11.6 Å². The first kappa shape index (κ1) is 14.5. The summed E-state index contributed by atoms with van der Waals surface area (Å²) in [4.78, 5) is 8.32. The number of aromatic nitrogens is 2. The molecular formula is C14H16ClFN4. The van der Waals surface area contributed by atoms with Crippen molar-refractivity contribution in [1.82, 2.24) is 9.97 Å². The molecule has 0 saturated carbocycles. The molecule has 6 heteroatoms. The Labute approximate surface area is 122 Å². The summed E-state index contributed by atoms with van der Waals surface area (Å²) in [5, 5.41) is 6.53. The summed E-state index contributed by atoms with van der Waals surface area (Å²) < 4.78 is 13.8. The third-order valence-electron chi connectivity index (χ3n) is 2.81. The maximum atomic E-state index is 13.8. The molecule has 0 fully saturated rings. The highest BCUT2D eigenvalue weighted by molar-refractivity contribution is 6.30. The van der Waals surface area contributed by atoms with Gasteiger partial charge in [0, 0.05) is 17.1 Å². The van der Waals surface area contributed by atoms with Gasteiger partial charge in [-0.25, -0.2) is 14.4 Å². The molecule has 1 aromatic carbocycles. The number of rotatable bonds is 5. The van der Waals surface area contributed by atoms with Crippen molar-refractivity contribution < 1.29 is 4.39 Å². The van der Waals surface area contributed by atoms with Crippen LogP contribution in [0.15, 0.2) is 24.5 Å². The normalized spacial score (nSPS) is 10.4. The van der Waals surface area contributed by atoms with Crippen molar-refractivity contribution in [2.75, 3.05) is 17.2 Å². The van der Waals surface area contributed by atoms with Crippen LogP contribution in [0.5, 0.6) is 0 Å². The summed E-state index contributed by atoms with van der Waals surface area (Å²) in [6.45, 7) is 4.78. The van der Waals surface area contributed by atoms with Crippen molar-refractivity contribution in [3.8, 4) is 0 Å². The highest BCUT2D eigenvalue weighted by atomic mass is 35.5. The van der Waals surface area contributed by atoms with Gasteiger partial charge in [0.05, 0.1) is 5.69 Å². The van der Waals surface area contributed by atoms with Crippen LogP contribution >= 0.6 is 11.6 Å². The lowest BCUT2D eigenvalue weighted by Crippen LogP contribution is -2.07. The quantitative estimate of drug-likeness (QED) is 0.870. The van der Waals surface area contributed by atoms with Gasteiger partial charge in [-0.2, -0.15) is 0 Å². The van der Waals surface area contributed by atoms with Crippen molar-refractivity contribution in [3.05, 3.63) is 40.9 Å². The largest absolute Gasteiger partial charge is 0.370 e.